The van der Waals surface area contributed by atoms with E-state index >= 15 is 0 Å². The largest absolute Gasteiger partial charge is 0.335 e. The maximum Gasteiger partial charge on any atom is 0.166 e. The standard InChI is InChI=1S/C20H16BrClN4O/c1-20(25-27,19-10-23-11-26(19)2)17-6-13-5-14(21)9-24-18(13)7-12-3-4-15(22)8-16(12)17/h3-6,8-11H,7H2,1-2H3. The summed E-state index contributed by atoms with van der Waals surface area (Å²) in [5, 5.41) is 4.17. The van der Waals surface area contributed by atoms with Crippen molar-refractivity contribution in [3.63, 3.8) is 0 Å². The van der Waals surface area contributed by atoms with Gasteiger partial charge in [-0.05, 0) is 69.4 Å². The van der Waals surface area contributed by atoms with E-state index in [4.69, 9.17) is 11.6 Å². The van der Waals surface area contributed by atoms with Crippen molar-refractivity contribution in [2.24, 2.45) is 12.2 Å². The van der Waals surface area contributed by atoms with Gasteiger partial charge < -0.3 is 4.57 Å². The lowest BCUT2D eigenvalue weighted by atomic mass is 9.82. The highest BCUT2D eigenvalue weighted by Gasteiger charge is 2.38. The number of nitrogens with zero attached hydrogens (tertiary/aromatic N) is 4. The SMILES string of the molecule is Cn1cncc1C(C)(N=O)C1=Cc2cc(Br)cnc2Cc2ccc(Cl)cc21. The molecule has 1 aliphatic rings. The molecule has 2 heterocycles. The van der Waals surface area contributed by atoms with E-state index in [9.17, 15) is 4.91 Å². The Morgan fingerprint density at radius 3 is 2.81 bits per heavy atom. The van der Waals surface area contributed by atoms with Crippen molar-refractivity contribution in [3.05, 3.63) is 85.5 Å². The average molecular weight is 444 g/mol. The number of fused-ring (bicyclic) bond motifs is 2. The average Bonchev–Trinajstić information content (AvgIpc) is 3.02. The minimum Gasteiger partial charge on any atom is -0.335 e. The summed E-state index contributed by atoms with van der Waals surface area (Å²) >= 11 is 9.79. The van der Waals surface area contributed by atoms with Crippen molar-refractivity contribution in [1.82, 2.24) is 14.5 Å². The fourth-order valence-corrected chi connectivity index (χ4v) is 4.11. The number of rotatable bonds is 3. The number of aromatic nitrogens is 3. The fraction of sp³-hybridized carbons (Fsp3) is 0.200. The summed E-state index contributed by atoms with van der Waals surface area (Å²) < 4.78 is 2.69. The molecule has 1 aliphatic carbocycles. The van der Waals surface area contributed by atoms with Gasteiger partial charge in [-0.1, -0.05) is 22.8 Å². The molecule has 27 heavy (non-hydrogen) atoms. The molecule has 1 unspecified atom stereocenters. The van der Waals surface area contributed by atoms with Crippen LogP contribution in [0.15, 0.2) is 52.6 Å². The van der Waals surface area contributed by atoms with Gasteiger partial charge in [0.1, 0.15) is 0 Å². The molecule has 1 atom stereocenters. The third kappa shape index (κ3) is 3.03. The molecule has 7 heteroatoms. The first-order valence-corrected chi connectivity index (χ1v) is 9.56. The highest BCUT2D eigenvalue weighted by atomic mass is 79.9. The monoisotopic (exact) mass is 442 g/mol. The van der Waals surface area contributed by atoms with Crippen molar-refractivity contribution in [3.8, 4) is 0 Å². The van der Waals surface area contributed by atoms with Gasteiger partial charge >= 0.3 is 0 Å². The Morgan fingerprint density at radius 1 is 1.30 bits per heavy atom. The molecule has 0 bridgehead atoms. The molecule has 0 saturated heterocycles. The molecular formula is C20H16BrClN4O. The van der Waals surface area contributed by atoms with Gasteiger partial charge in [-0.15, -0.1) is 4.91 Å². The molecule has 3 aromatic rings. The molecule has 0 saturated carbocycles. The number of hydrogen-bond acceptors (Lipinski definition) is 4. The van der Waals surface area contributed by atoms with Crippen LogP contribution in [0.25, 0.3) is 11.6 Å². The van der Waals surface area contributed by atoms with E-state index in [0.29, 0.717) is 17.1 Å². The molecule has 0 spiro atoms. The normalized spacial score (nSPS) is 15.2. The molecule has 0 amide bonds. The van der Waals surface area contributed by atoms with Crippen molar-refractivity contribution in [2.45, 2.75) is 18.9 Å². The second kappa shape index (κ2) is 6.69. The Labute approximate surface area is 170 Å². The van der Waals surface area contributed by atoms with Crippen molar-refractivity contribution >= 4 is 39.2 Å². The van der Waals surface area contributed by atoms with Crippen molar-refractivity contribution in [2.75, 3.05) is 0 Å². The number of aryl methyl sites for hydroxylation is 1. The van der Waals surface area contributed by atoms with Crippen LogP contribution in [0.4, 0.5) is 0 Å². The fourth-order valence-electron chi connectivity index (χ4n) is 3.59. The number of hydrogen-bond donors (Lipinski definition) is 0. The maximum atomic E-state index is 12.2. The number of nitroso groups, excluding NO2 is 1. The first-order valence-electron chi connectivity index (χ1n) is 8.39. The van der Waals surface area contributed by atoms with E-state index in [2.05, 4.69) is 31.1 Å². The summed E-state index contributed by atoms with van der Waals surface area (Å²) in [4.78, 5) is 20.9. The van der Waals surface area contributed by atoms with Gasteiger partial charge in [0.05, 0.1) is 23.9 Å². The zero-order chi connectivity index (χ0) is 19.2. The van der Waals surface area contributed by atoms with Crippen LogP contribution in [0.2, 0.25) is 5.02 Å². The second-order valence-corrected chi connectivity index (χ2v) is 8.13. The summed E-state index contributed by atoms with van der Waals surface area (Å²) in [7, 11) is 1.86. The van der Waals surface area contributed by atoms with E-state index in [1.807, 2.05) is 48.9 Å². The summed E-state index contributed by atoms with van der Waals surface area (Å²) in [6.45, 7) is 1.81. The summed E-state index contributed by atoms with van der Waals surface area (Å²) in [5.41, 5.74) is 4.20. The van der Waals surface area contributed by atoms with E-state index in [-0.39, 0.29) is 0 Å². The Kier molecular flexibility index (Phi) is 4.48. The van der Waals surface area contributed by atoms with Gasteiger partial charge in [-0.25, -0.2) is 4.98 Å². The summed E-state index contributed by atoms with van der Waals surface area (Å²) in [5.74, 6) is 0. The molecule has 5 nitrogen and oxygen atoms in total. The van der Waals surface area contributed by atoms with Crippen LogP contribution >= 0.6 is 27.5 Å². The molecule has 0 radical (unpaired) electrons. The predicted molar refractivity (Wildman–Crippen MR) is 110 cm³/mol. The van der Waals surface area contributed by atoms with Crippen LogP contribution in [0.3, 0.4) is 0 Å². The number of halogens is 2. The smallest absolute Gasteiger partial charge is 0.166 e. The minimum absolute atomic E-state index is 0.609. The minimum atomic E-state index is -1.13. The summed E-state index contributed by atoms with van der Waals surface area (Å²) in [6, 6.07) is 7.74. The highest BCUT2D eigenvalue weighted by Crippen LogP contribution is 2.44. The number of imidazole rings is 1. The van der Waals surface area contributed by atoms with Gasteiger partial charge in [0.25, 0.3) is 0 Å². The zero-order valence-corrected chi connectivity index (χ0v) is 17.1. The molecule has 2 aromatic heterocycles. The zero-order valence-electron chi connectivity index (χ0n) is 14.8. The van der Waals surface area contributed by atoms with Crippen molar-refractivity contribution < 1.29 is 0 Å². The van der Waals surface area contributed by atoms with Gasteiger partial charge in [0.2, 0.25) is 0 Å². The molecule has 136 valence electrons. The number of benzene rings is 1. The van der Waals surface area contributed by atoms with Crippen molar-refractivity contribution in [1.29, 1.82) is 0 Å². The van der Waals surface area contributed by atoms with E-state index in [1.165, 1.54) is 0 Å². The molecule has 0 N–H and O–H groups in total. The molecule has 0 aliphatic heterocycles. The van der Waals surface area contributed by atoms with Gasteiger partial charge in [0.15, 0.2) is 5.54 Å². The third-order valence-corrected chi connectivity index (χ3v) is 5.68. The van der Waals surface area contributed by atoms with E-state index in [0.717, 1.165) is 32.4 Å². The van der Waals surface area contributed by atoms with Crippen LogP contribution in [0, 0.1) is 4.91 Å². The van der Waals surface area contributed by atoms with E-state index in [1.54, 1.807) is 18.7 Å². The van der Waals surface area contributed by atoms with Crippen LogP contribution in [-0.4, -0.2) is 14.5 Å². The first-order chi connectivity index (χ1) is 12.9. The summed E-state index contributed by atoms with van der Waals surface area (Å²) in [6.07, 6.45) is 7.77. The lowest BCUT2D eigenvalue weighted by Crippen LogP contribution is -2.24. The lowest BCUT2D eigenvalue weighted by Gasteiger charge is -2.26. The van der Waals surface area contributed by atoms with E-state index < -0.39 is 5.54 Å². The maximum absolute atomic E-state index is 12.2. The van der Waals surface area contributed by atoms with Crippen LogP contribution in [0.1, 0.15) is 35.0 Å². The van der Waals surface area contributed by atoms with Crippen LogP contribution < -0.4 is 0 Å². The first kappa shape index (κ1) is 18.1. The quantitative estimate of drug-likeness (QED) is 0.512. The van der Waals surface area contributed by atoms with Gasteiger partial charge in [0, 0.05) is 29.2 Å². The Balaban J connectivity index is 2.05. The predicted octanol–water partition coefficient (Wildman–Crippen LogP) is 5.36. The second-order valence-electron chi connectivity index (χ2n) is 6.78. The Bertz CT molecular complexity index is 1090. The Morgan fingerprint density at radius 2 is 2.11 bits per heavy atom. The topological polar surface area (TPSA) is 60.1 Å². The van der Waals surface area contributed by atoms with Gasteiger partial charge in [-0.3, -0.25) is 4.98 Å². The van der Waals surface area contributed by atoms with Gasteiger partial charge in [-0.2, -0.15) is 0 Å². The molecule has 1 aromatic carbocycles. The lowest BCUT2D eigenvalue weighted by molar-refractivity contribution is 0.593. The molecule has 4 rings (SSSR count). The van der Waals surface area contributed by atoms with Crippen LogP contribution in [0.5, 0.6) is 0 Å². The molecular weight excluding hydrogens is 428 g/mol. The number of pyridine rings is 1. The Hall–Kier alpha value is -2.31. The third-order valence-electron chi connectivity index (χ3n) is 5.01. The molecule has 0 fully saturated rings. The van der Waals surface area contributed by atoms with Crippen LogP contribution in [-0.2, 0) is 19.0 Å². The highest BCUT2D eigenvalue weighted by molar-refractivity contribution is 9.10.